The minimum atomic E-state index is -0.237. The predicted octanol–water partition coefficient (Wildman–Crippen LogP) is 2.51. The number of benzene rings is 1. The third kappa shape index (κ3) is 5.21. The van der Waals surface area contributed by atoms with Crippen LogP contribution in [-0.2, 0) is 13.1 Å². The minimum absolute atomic E-state index is 0.237. The second-order valence-corrected chi connectivity index (χ2v) is 5.68. The van der Waals surface area contributed by atoms with E-state index >= 15 is 0 Å². The van der Waals surface area contributed by atoms with Gasteiger partial charge in [-0.2, -0.15) is 0 Å². The monoisotopic (exact) mass is 333 g/mol. The molecule has 0 atom stereocenters. The summed E-state index contributed by atoms with van der Waals surface area (Å²) in [5.74, 6) is 1.13. The zero-order valence-electron chi connectivity index (χ0n) is 13.4. The summed E-state index contributed by atoms with van der Waals surface area (Å²) in [6.45, 7) is 2.89. The molecule has 1 aromatic carbocycles. The first kappa shape index (κ1) is 17.2. The first-order valence-electron chi connectivity index (χ1n) is 7.18. The largest absolute Gasteiger partial charge is 0.352 e. The first-order chi connectivity index (χ1) is 11.1. The number of aryl methyl sites for hydroxylation is 1. The number of nitrogens with zero attached hydrogens (tertiary/aromatic N) is 3. The molecule has 122 valence electrons. The molecular weight excluding hydrogens is 313 g/mol. The van der Waals surface area contributed by atoms with Gasteiger partial charge in [-0.3, -0.25) is 4.99 Å². The van der Waals surface area contributed by atoms with Gasteiger partial charge in [0.1, 0.15) is 11.6 Å². The fraction of sp³-hybridized carbons (Fsp3) is 0.312. The van der Waals surface area contributed by atoms with E-state index in [2.05, 4.69) is 25.6 Å². The summed E-state index contributed by atoms with van der Waals surface area (Å²) < 4.78 is 13.4. The quantitative estimate of drug-likeness (QED) is 0.500. The number of aliphatic imine (C=N–C) groups is 1. The highest BCUT2D eigenvalue weighted by atomic mass is 32.2. The molecule has 5 nitrogen and oxygen atoms in total. The van der Waals surface area contributed by atoms with E-state index in [4.69, 9.17) is 0 Å². The predicted molar refractivity (Wildman–Crippen MR) is 92.0 cm³/mol. The van der Waals surface area contributed by atoms with Crippen molar-refractivity contribution in [3.05, 3.63) is 53.4 Å². The number of hydrogen-bond donors (Lipinski definition) is 2. The third-order valence-electron chi connectivity index (χ3n) is 3.18. The van der Waals surface area contributed by atoms with Gasteiger partial charge in [0.05, 0.1) is 12.2 Å². The van der Waals surface area contributed by atoms with E-state index in [0.29, 0.717) is 19.0 Å². The molecule has 0 radical (unpaired) electrons. The molecular formula is C16H20FN5S. The molecule has 1 heterocycles. The Balaban J connectivity index is 1.94. The highest BCUT2D eigenvalue weighted by Crippen LogP contribution is 2.21. The smallest absolute Gasteiger partial charge is 0.191 e. The summed E-state index contributed by atoms with van der Waals surface area (Å²) in [7, 11) is 1.70. The van der Waals surface area contributed by atoms with Crippen molar-refractivity contribution in [3.63, 3.8) is 0 Å². The van der Waals surface area contributed by atoms with Gasteiger partial charge in [-0.25, -0.2) is 14.4 Å². The summed E-state index contributed by atoms with van der Waals surface area (Å²) >= 11 is 1.59. The molecule has 7 heteroatoms. The van der Waals surface area contributed by atoms with Crippen molar-refractivity contribution >= 4 is 17.7 Å². The van der Waals surface area contributed by atoms with Crippen molar-refractivity contribution in [1.82, 2.24) is 20.6 Å². The van der Waals surface area contributed by atoms with Crippen LogP contribution in [0.5, 0.6) is 0 Å². The number of halogens is 1. The Morgan fingerprint density at radius 3 is 2.74 bits per heavy atom. The molecule has 23 heavy (non-hydrogen) atoms. The second-order valence-electron chi connectivity index (χ2n) is 4.83. The van der Waals surface area contributed by atoms with Crippen LogP contribution in [0.15, 0.2) is 40.4 Å². The molecule has 0 amide bonds. The maximum Gasteiger partial charge on any atom is 0.191 e. The van der Waals surface area contributed by atoms with Crippen LogP contribution in [0.1, 0.15) is 17.1 Å². The van der Waals surface area contributed by atoms with Crippen LogP contribution in [-0.4, -0.2) is 29.2 Å². The third-order valence-corrected chi connectivity index (χ3v) is 4.02. The molecule has 0 aliphatic carbocycles. The molecule has 2 aromatic rings. The lowest BCUT2D eigenvalue weighted by atomic mass is 10.2. The van der Waals surface area contributed by atoms with Crippen molar-refractivity contribution < 1.29 is 4.39 Å². The number of nitrogens with one attached hydrogen (secondary N) is 2. The molecule has 0 spiro atoms. The van der Waals surface area contributed by atoms with Crippen molar-refractivity contribution in [1.29, 1.82) is 0 Å². The molecule has 2 rings (SSSR count). The number of rotatable bonds is 5. The topological polar surface area (TPSA) is 62.2 Å². The van der Waals surface area contributed by atoms with Crippen LogP contribution in [0.3, 0.4) is 0 Å². The van der Waals surface area contributed by atoms with Gasteiger partial charge in [0.2, 0.25) is 0 Å². The highest BCUT2D eigenvalue weighted by Gasteiger charge is 2.05. The van der Waals surface area contributed by atoms with Crippen LogP contribution in [0.25, 0.3) is 0 Å². The van der Waals surface area contributed by atoms with E-state index < -0.39 is 0 Å². The maximum absolute atomic E-state index is 13.4. The SMILES string of the molecule is CN=C(NCc1ccnc(C)n1)NCc1cc(F)ccc1SC. The van der Waals surface area contributed by atoms with Gasteiger partial charge < -0.3 is 10.6 Å². The lowest BCUT2D eigenvalue weighted by Crippen LogP contribution is -2.36. The van der Waals surface area contributed by atoms with Gasteiger partial charge >= 0.3 is 0 Å². The molecule has 0 fully saturated rings. The summed E-state index contributed by atoms with van der Waals surface area (Å²) in [5.41, 5.74) is 1.79. The zero-order valence-corrected chi connectivity index (χ0v) is 14.2. The standard InChI is InChI=1S/C16H20FN5S/c1-11-19-7-6-14(22-11)10-21-16(18-2)20-9-12-8-13(17)4-5-15(12)23-3/h4-8H,9-10H2,1-3H3,(H2,18,20,21). The Morgan fingerprint density at radius 1 is 1.26 bits per heavy atom. The van der Waals surface area contributed by atoms with E-state index in [9.17, 15) is 4.39 Å². The van der Waals surface area contributed by atoms with E-state index in [-0.39, 0.29) is 5.82 Å². The number of guanidine groups is 1. The number of aromatic nitrogens is 2. The second kappa shape index (κ2) is 8.47. The first-order valence-corrected chi connectivity index (χ1v) is 8.40. The zero-order chi connectivity index (χ0) is 16.7. The summed E-state index contributed by atoms with van der Waals surface area (Å²) in [6, 6.07) is 6.66. The van der Waals surface area contributed by atoms with Crippen molar-refractivity contribution in [2.24, 2.45) is 4.99 Å². The fourth-order valence-corrected chi connectivity index (χ4v) is 2.66. The molecule has 0 saturated carbocycles. The van der Waals surface area contributed by atoms with Crippen LogP contribution < -0.4 is 10.6 Å². The average molecular weight is 333 g/mol. The fourth-order valence-electron chi connectivity index (χ4n) is 2.06. The molecule has 0 aliphatic rings. The van der Waals surface area contributed by atoms with Crippen molar-refractivity contribution in [3.8, 4) is 0 Å². The van der Waals surface area contributed by atoms with E-state index in [1.165, 1.54) is 6.07 Å². The lowest BCUT2D eigenvalue weighted by molar-refractivity contribution is 0.622. The Bertz CT molecular complexity index is 690. The summed E-state index contributed by atoms with van der Waals surface area (Å²) in [5, 5.41) is 6.37. The van der Waals surface area contributed by atoms with Gasteiger partial charge in [0, 0.05) is 24.7 Å². The number of thioether (sulfide) groups is 1. The normalized spacial score (nSPS) is 11.4. The van der Waals surface area contributed by atoms with E-state index in [1.54, 1.807) is 37.1 Å². The summed E-state index contributed by atoms with van der Waals surface area (Å²) in [4.78, 5) is 13.6. The van der Waals surface area contributed by atoms with E-state index in [1.807, 2.05) is 19.2 Å². The van der Waals surface area contributed by atoms with E-state index in [0.717, 1.165) is 22.0 Å². The van der Waals surface area contributed by atoms with Crippen LogP contribution >= 0.6 is 11.8 Å². The molecule has 2 N–H and O–H groups in total. The van der Waals surface area contributed by atoms with Crippen LogP contribution in [0.2, 0.25) is 0 Å². The van der Waals surface area contributed by atoms with Crippen molar-refractivity contribution in [2.45, 2.75) is 24.9 Å². The molecule has 0 bridgehead atoms. The summed E-state index contributed by atoms with van der Waals surface area (Å²) in [6.07, 6.45) is 3.70. The van der Waals surface area contributed by atoms with Gasteiger partial charge in [-0.15, -0.1) is 11.8 Å². The Labute approximate surface area is 139 Å². The lowest BCUT2D eigenvalue weighted by Gasteiger charge is -2.13. The van der Waals surface area contributed by atoms with Gasteiger partial charge in [0.25, 0.3) is 0 Å². The van der Waals surface area contributed by atoms with Gasteiger partial charge in [-0.1, -0.05) is 0 Å². The highest BCUT2D eigenvalue weighted by molar-refractivity contribution is 7.98. The Hall–Kier alpha value is -2.15. The average Bonchev–Trinajstić information content (AvgIpc) is 2.55. The minimum Gasteiger partial charge on any atom is -0.352 e. The van der Waals surface area contributed by atoms with Crippen LogP contribution in [0.4, 0.5) is 4.39 Å². The van der Waals surface area contributed by atoms with Gasteiger partial charge in [-0.05, 0) is 43.0 Å². The molecule has 1 aromatic heterocycles. The Kier molecular flexibility index (Phi) is 6.34. The number of hydrogen-bond acceptors (Lipinski definition) is 4. The molecule has 0 aliphatic heterocycles. The van der Waals surface area contributed by atoms with Crippen molar-refractivity contribution in [2.75, 3.05) is 13.3 Å². The van der Waals surface area contributed by atoms with Crippen LogP contribution in [0, 0.1) is 12.7 Å². The maximum atomic E-state index is 13.4. The molecule has 0 unspecified atom stereocenters. The Morgan fingerprint density at radius 2 is 2.04 bits per heavy atom. The van der Waals surface area contributed by atoms with Gasteiger partial charge in [0.15, 0.2) is 5.96 Å². The molecule has 0 saturated heterocycles.